The Morgan fingerprint density at radius 1 is 1.11 bits per heavy atom. The van der Waals surface area contributed by atoms with E-state index < -0.39 is 0 Å². The Balaban J connectivity index is 2.02. The molecule has 4 rings (SSSR count). The third-order valence-corrected chi connectivity index (χ3v) is 4.56. The van der Waals surface area contributed by atoms with Crippen LogP contribution in [0.25, 0.3) is 0 Å². The summed E-state index contributed by atoms with van der Waals surface area (Å²) >= 11 is 0. The Bertz CT molecular complexity index is 644. The number of hydrogen-bond donors (Lipinski definition) is 1. The highest BCUT2D eigenvalue weighted by atomic mass is 15.1. The van der Waals surface area contributed by atoms with Crippen LogP contribution >= 0.6 is 0 Å². The summed E-state index contributed by atoms with van der Waals surface area (Å²) in [4.78, 5) is 0. The number of rotatable bonds is 0. The van der Waals surface area contributed by atoms with Gasteiger partial charge in [-0.3, -0.25) is 5.32 Å². The molecule has 1 N–H and O–H groups in total. The fourth-order valence-electron chi connectivity index (χ4n) is 3.74. The lowest BCUT2D eigenvalue weighted by atomic mass is 9.82. The molecule has 2 aliphatic rings. The topological polar surface area (TPSA) is 12.0 Å². The van der Waals surface area contributed by atoms with Gasteiger partial charge in [-0.05, 0) is 42.5 Å². The van der Waals surface area contributed by atoms with Crippen LogP contribution in [0.2, 0.25) is 0 Å². The molecule has 0 aliphatic carbocycles. The molecule has 2 heterocycles. The van der Waals surface area contributed by atoms with Crippen molar-refractivity contribution in [2.24, 2.45) is 0 Å². The van der Waals surface area contributed by atoms with Gasteiger partial charge in [-0.15, -0.1) is 0 Å². The van der Waals surface area contributed by atoms with Crippen LogP contribution in [-0.2, 0) is 12.0 Å². The Labute approximate surface area is 108 Å². The molecular weight excluding hydrogens is 218 g/mol. The molecule has 1 heteroatoms. The second kappa shape index (κ2) is 3.24. The first-order chi connectivity index (χ1) is 8.68. The van der Waals surface area contributed by atoms with Crippen LogP contribution in [0, 0.1) is 6.92 Å². The molecule has 1 nitrogen and oxygen atoms in total. The minimum Gasteiger partial charge on any atom is -0.297 e. The van der Waals surface area contributed by atoms with Crippen LogP contribution in [0.3, 0.4) is 0 Å². The molecule has 0 fully saturated rings. The maximum atomic E-state index is 3.81. The Morgan fingerprint density at radius 2 is 1.94 bits per heavy atom. The van der Waals surface area contributed by atoms with Gasteiger partial charge < -0.3 is 0 Å². The smallest absolute Gasteiger partial charge is 0.0672 e. The van der Waals surface area contributed by atoms with Gasteiger partial charge in [0.25, 0.3) is 0 Å². The fourth-order valence-corrected chi connectivity index (χ4v) is 3.74. The van der Waals surface area contributed by atoms with Crippen molar-refractivity contribution in [2.45, 2.75) is 31.8 Å². The van der Waals surface area contributed by atoms with E-state index in [2.05, 4.69) is 61.6 Å². The van der Waals surface area contributed by atoms with Crippen molar-refractivity contribution >= 4 is 0 Å². The fraction of sp³-hybridized carbons (Fsp3) is 0.294. The predicted octanol–water partition coefficient (Wildman–Crippen LogP) is 3.46. The van der Waals surface area contributed by atoms with E-state index in [1.807, 2.05) is 0 Å². The van der Waals surface area contributed by atoms with E-state index in [4.69, 9.17) is 0 Å². The first-order valence-corrected chi connectivity index (χ1v) is 6.65. The van der Waals surface area contributed by atoms with Crippen LogP contribution in [0.4, 0.5) is 0 Å². The van der Waals surface area contributed by atoms with E-state index in [0.717, 1.165) is 6.42 Å². The highest BCUT2D eigenvalue weighted by Gasteiger charge is 2.45. The van der Waals surface area contributed by atoms with Gasteiger partial charge in [-0.25, -0.2) is 0 Å². The summed E-state index contributed by atoms with van der Waals surface area (Å²) in [5.74, 6) is 0. The van der Waals surface area contributed by atoms with Gasteiger partial charge in [0.2, 0.25) is 0 Å². The third-order valence-electron chi connectivity index (χ3n) is 4.56. The van der Waals surface area contributed by atoms with Crippen molar-refractivity contribution in [3.63, 3.8) is 0 Å². The van der Waals surface area contributed by atoms with Crippen molar-refractivity contribution in [1.82, 2.24) is 5.32 Å². The maximum Gasteiger partial charge on any atom is 0.0672 e. The lowest BCUT2D eigenvalue weighted by Gasteiger charge is -2.34. The highest BCUT2D eigenvalue weighted by molar-refractivity contribution is 5.54. The summed E-state index contributed by atoms with van der Waals surface area (Å²) in [5.41, 5.74) is 7.27. The molecule has 2 atom stereocenters. The number of fused-ring (bicyclic) bond motifs is 7. The van der Waals surface area contributed by atoms with Crippen molar-refractivity contribution < 1.29 is 0 Å². The highest BCUT2D eigenvalue weighted by Crippen LogP contribution is 2.48. The molecule has 0 aromatic heterocycles. The molecule has 2 unspecified atom stereocenters. The van der Waals surface area contributed by atoms with Gasteiger partial charge in [0, 0.05) is 6.04 Å². The lowest BCUT2D eigenvalue weighted by molar-refractivity contribution is 0.388. The molecular formula is C17H17N. The van der Waals surface area contributed by atoms with Gasteiger partial charge in [0.05, 0.1) is 5.54 Å². The zero-order valence-corrected chi connectivity index (χ0v) is 10.8. The molecule has 0 spiro atoms. The summed E-state index contributed by atoms with van der Waals surface area (Å²) < 4.78 is 0. The van der Waals surface area contributed by atoms with Gasteiger partial charge in [0.1, 0.15) is 0 Å². The SMILES string of the molecule is Cc1ccc2c(c1)CC1NC2(C)c2ccccc21. The summed E-state index contributed by atoms with van der Waals surface area (Å²) in [6, 6.07) is 16.2. The van der Waals surface area contributed by atoms with E-state index >= 15 is 0 Å². The predicted molar refractivity (Wildman–Crippen MR) is 73.7 cm³/mol. The van der Waals surface area contributed by atoms with E-state index in [-0.39, 0.29) is 5.54 Å². The monoisotopic (exact) mass is 235 g/mol. The maximum absolute atomic E-state index is 3.81. The Morgan fingerprint density at radius 3 is 2.83 bits per heavy atom. The molecule has 0 saturated heterocycles. The standard InChI is InChI=1S/C17H17N/c1-11-7-8-14-12(9-11)10-16-13-5-3-4-6-15(13)17(14,2)18-16/h3-9,16,18H,10H2,1-2H3. The third kappa shape index (κ3) is 1.15. The minimum absolute atomic E-state index is 0.00252. The van der Waals surface area contributed by atoms with Crippen LogP contribution in [0.15, 0.2) is 42.5 Å². The molecule has 2 bridgehead atoms. The molecule has 2 aromatic carbocycles. The molecule has 2 aromatic rings. The summed E-state index contributed by atoms with van der Waals surface area (Å²) in [6.45, 7) is 4.50. The Hall–Kier alpha value is -1.60. The number of benzene rings is 2. The van der Waals surface area contributed by atoms with Gasteiger partial charge in [-0.1, -0.05) is 48.0 Å². The van der Waals surface area contributed by atoms with Crippen molar-refractivity contribution in [1.29, 1.82) is 0 Å². The minimum atomic E-state index is 0.00252. The van der Waals surface area contributed by atoms with Gasteiger partial charge in [-0.2, -0.15) is 0 Å². The van der Waals surface area contributed by atoms with Crippen LogP contribution in [0.5, 0.6) is 0 Å². The number of aryl methyl sites for hydroxylation is 1. The van der Waals surface area contributed by atoms with Crippen molar-refractivity contribution in [2.75, 3.05) is 0 Å². The van der Waals surface area contributed by atoms with E-state index in [9.17, 15) is 0 Å². The zero-order chi connectivity index (χ0) is 12.3. The van der Waals surface area contributed by atoms with Crippen LogP contribution < -0.4 is 5.32 Å². The normalized spacial score (nSPS) is 27.8. The second-order valence-corrected chi connectivity index (χ2v) is 5.77. The van der Waals surface area contributed by atoms with E-state index in [0.29, 0.717) is 6.04 Å². The molecule has 90 valence electrons. The van der Waals surface area contributed by atoms with E-state index in [1.54, 1.807) is 0 Å². The average molecular weight is 235 g/mol. The first kappa shape index (κ1) is 10.3. The molecule has 0 amide bonds. The lowest BCUT2D eigenvalue weighted by Crippen LogP contribution is -2.41. The number of nitrogens with one attached hydrogen (secondary N) is 1. The van der Waals surface area contributed by atoms with Crippen molar-refractivity contribution in [3.8, 4) is 0 Å². The average Bonchev–Trinajstić information content (AvgIpc) is 2.60. The summed E-state index contributed by atoms with van der Waals surface area (Å²) in [5, 5.41) is 3.81. The molecule has 2 aliphatic heterocycles. The van der Waals surface area contributed by atoms with Gasteiger partial charge in [0.15, 0.2) is 0 Å². The van der Waals surface area contributed by atoms with E-state index in [1.165, 1.54) is 27.8 Å². The zero-order valence-electron chi connectivity index (χ0n) is 10.8. The van der Waals surface area contributed by atoms with Crippen molar-refractivity contribution in [3.05, 3.63) is 70.3 Å². The molecule has 18 heavy (non-hydrogen) atoms. The quantitative estimate of drug-likeness (QED) is 0.737. The van der Waals surface area contributed by atoms with Crippen LogP contribution in [0.1, 0.15) is 40.8 Å². The van der Waals surface area contributed by atoms with Gasteiger partial charge >= 0.3 is 0 Å². The largest absolute Gasteiger partial charge is 0.297 e. The Kier molecular flexibility index (Phi) is 1.86. The molecule has 0 radical (unpaired) electrons. The second-order valence-electron chi connectivity index (χ2n) is 5.77. The number of hydrogen-bond acceptors (Lipinski definition) is 1. The van der Waals surface area contributed by atoms with Crippen LogP contribution in [-0.4, -0.2) is 0 Å². The molecule has 0 saturated carbocycles. The summed E-state index contributed by atoms with van der Waals surface area (Å²) in [7, 11) is 0. The first-order valence-electron chi connectivity index (χ1n) is 6.65. The summed E-state index contributed by atoms with van der Waals surface area (Å²) in [6.07, 6.45) is 1.11.